The van der Waals surface area contributed by atoms with Crippen molar-refractivity contribution in [1.82, 2.24) is 10.6 Å². The van der Waals surface area contributed by atoms with Crippen molar-refractivity contribution in [2.24, 2.45) is 0 Å². The summed E-state index contributed by atoms with van der Waals surface area (Å²) in [7, 11) is 0. The Morgan fingerprint density at radius 2 is 1.88 bits per heavy atom. The number of thioether (sulfide) groups is 1. The summed E-state index contributed by atoms with van der Waals surface area (Å²) in [6, 6.07) is 0.260. The lowest BCUT2D eigenvalue weighted by Crippen LogP contribution is -2.40. The van der Waals surface area contributed by atoms with E-state index in [1.807, 2.05) is 6.26 Å². The summed E-state index contributed by atoms with van der Waals surface area (Å²) in [5.74, 6) is -0.398. The molecule has 0 radical (unpaired) electrons. The Balaban J connectivity index is 2.52. The second-order valence-electron chi connectivity index (χ2n) is 4.26. The highest BCUT2D eigenvalue weighted by molar-refractivity contribution is 8.01. The van der Waals surface area contributed by atoms with E-state index in [0.29, 0.717) is 5.70 Å². The van der Waals surface area contributed by atoms with Crippen molar-refractivity contribution >= 4 is 23.6 Å². The van der Waals surface area contributed by atoms with Gasteiger partial charge in [-0.3, -0.25) is 9.59 Å². The monoisotopic (exact) mass is 256 g/mol. The number of hydrogen-bond donors (Lipinski definition) is 2. The van der Waals surface area contributed by atoms with E-state index >= 15 is 0 Å². The molecule has 0 saturated heterocycles. The Kier molecular flexibility index (Phi) is 6.11. The Morgan fingerprint density at radius 1 is 1.24 bits per heavy atom. The van der Waals surface area contributed by atoms with E-state index in [2.05, 4.69) is 10.6 Å². The number of hydrogen-bond acceptors (Lipinski definition) is 3. The lowest BCUT2D eigenvalue weighted by atomic mass is 9.95. The summed E-state index contributed by atoms with van der Waals surface area (Å²) in [6.07, 6.45) is 7.54. The largest absolute Gasteiger partial charge is 0.348 e. The molecule has 2 N–H and O–H groups in total. The van der Waals surface area contributed by atoms with Gasteiger partial charge in [0.15, 0.2) is 0 Å². The molecule has 0 aliphatic heterocycles. The number of rotatable bonds is 4. The van der Waals surface area contributed by atoms with E-state index in [-0.39, 0.29) is 17.9 Å². The van der Waals surface area contributed by atoms with E-state index in [1.165, 1.54) is 37.9 Å². The highest BCUT2D eigenvalue weighted by Crippen LogP contribution is 2.17. The summed E-state index contributed by atoms with van der Waals surface area (Å²) in [4.78, 5) is 22.9. The molecular formula is C12H20N2O2S. The first kappa shape index (κ1) is 14.1. The smallest absolute Gasteiger partial charge is 0.268 e. The van der Waals surface area contributed by atoms with Gasteiger partial charge in [0.05, 0.1) is 0 Å². The fraction of sp³-hybridized carbons (Fsp3) is 0.667. The van der Waals surface area contributed by atoms with Crippen molar-refractivity contribution in [2.45, 2.75) is 45.1 Å². The summed E-state index contributed by atoms with van der Waals surface area (Å²) in [5, 5.41) is 7.20. The van der Waals surface area contributed by atoms with Crippen LogP contribution < -0.4 is 10.6 Å². The van der Waals surface area contributed by atoms with Crippen LogP contribution in [0.15, 0.2) is 11.1 Å². The zero-order valence-electron chi connectivity index (χ0n) is 10.4. The van der Waals surface area contributed by atoms with Crippen LogP contribution in [0.1, 0.15) is 39.0 Å². The average molecular weight is 256 g/mol. The lowest BCUT2D eigenvalue weighted by molar-refractivity contribution is -0.123. The first-order valence-corrected chi connectivity index (χ1v) is 7.23. The number of carbonyl (C=O) groups is 2. The maximum absolute atomic E-state index is 11.9. The Bertz CT molecular complexity index is 310. The van der Waals surface area contributed by atoms with Crippen LogP contribution in [0.3, 0.4) is 0 Å². The van der Waals surface area contributed by atoms with Crippen LogP contribution in [0.2, 0.25) is 0 Å². The molecule has 0 atom stereocenters. The third-order valence-corrected chi connectivity index (χ3v) is 3.20. The topological polar surface area (TPSA) is 58.2 Å². The molecule has 96 valence electrons. The number of amides is 2. The predicted octanol–water partition coefficient (Wildman–Crippen LogP) is 1.78. The quantitative estimate of drug-likeness (QED) is 0.754. The summed E-state index contributed by atoms with van der Waals surface area (Å²) in [6.45, 7) is 1.40. The summed E-state index contributed by atoms with van der Waals surface area (Å²) in [5.41, 5.74) is 0.343. The van der Waals surface area contributed by atoms with Crippen LogP contribution in [0, 0.1) is 0 Å². The molecule has 0 aromatic rings. The zero-order chi connectivity index (χ0) is 12.7. The van der Waals surface area contributed by atoms with Gasteiger partial charge in [0.25, 0.3) is 5.91 Å². The van der Waals surface area contributed by atoms with Crippen molar-refractivity contribution in [3.63, 3.8) is 0 Å². The highest BCUT2D eigenvalue weighted by atomic mass is 32.2. The van der Waals surface area contributed by atoms with Gasteiger partial charge in [0.2, 0.25) is 5.91 Å². The summed E-state index contributed by atoms with van der Waals surface area (Å²) >= 11 is 1.40. The normalized spacial score (nSPS) is 17.6. The van der Waals surface area contributed by atoms with Gasteiger partial charge in [0.1, 0.15) is 5.70 Å². The molecule has 1 aliphatic rings. The van der Waals surface area contributed by atoms with E-state index in [0.717, 1.165) is 12.8 Å². The molecule has 1 aliphatic carbocycles. The van der Waals surface area contributed by atoms with Gasteiger partial charge in [-0.1, -0.05) is 19.3 Å². The maximum atomic E-state index is 11.9. The molecule has 0 unspecified atom stereocenters. The minimum Gasteiger partial charge on any atom is -0.348 e. The van der Waals surface area contributed by atoms with Gasteiger partial charge in [-0.05, 0) is 24.5 Å². The van der Waals surface area contributed by atoms with Crippen LogP contribution in [0.5, 0.6) is 0 Å². The second kappa shape index (κ2) is 7.37. The molecule has 5 heteroatoms. The van der Waals surface area contributed by atoms with Crippen LogP contribution in [-0.4, -0.2) is 24.1 Å². The van der Waals surface area contributed by atoms with Gasteiger partial charge in [-0.25, -0.2) is 0 Å². The van der Waals surface area contributed by atoms with Crippen molar-refractivity contribution in [1.29, 1.82) is 0 Å². The molecule has 0 bridgehead atoms. The standard InChI is InChI=1S/C12H20N2O2S/c1-9(15)13-11(8-17-2)12(16)14-10-6-4-3-5-7-10/h8,10H,3-7H2,1-2H3,(H,13,15)(H,14,16). The van der Waals surface area contributed by atoms with Gasteiger partial charge in [-0.2, -0.15) is 0 Å². The van der Waals surface area contributed by atoms with Crippen molar-refractivity contribution < 1.29 is 9.59 Å². The molecule has 1 rings (SSSR count). The van der Waals surface area contributed by atoms with Gasteiger partial charge in [-0.15, -0.1) is 11.8 Å². The van der Waals surface area contributed by atoms with Crippen molar-refractivity contribution in [3.8, 4) is 0 Å². The van der Waals surface area contributed by atoms with E-state index in [1.54, 1.807) is 5.41 Å². The maximum Gasteiger partial charge on any atom is 0.268 e. The molecule has 0 spiro atoms. The third-order valence-electron chi connectivity index (χ3n) is 2.73. The van der Waals surface area contributed by atoms with Crippen LogP contribution >= 0.6 is 11.8 Å². The predicted molar refractivity (Wildman–Crippen MR) is 70.4 cm³/mol. The van der Waals surface area contributed by atoms with Gasteiger partial charge in [0, 0.05) is 13.0 Å². The molecule has 0 heterocycles. The van der Waals surface area contributed by atoms with Crippen molar-refractivity contribution in [2.75, 3.05) is 6.26 Å². The minimum absolute atomic E-state index is 0.179. The Labute approximate surface area is 107 Å². The Hall–Kier alpha value is -0.970. The molecular weight excluding hydrogens is 236 g/mol. The molecule has 17 heavy (non-hydrogen) atoms. The molecule has 2 amide bonds. The first-order chi connectivity index (χ1) is 8.13. The lowest BCUT2D eigenvalue weighted by Gasteiger charge is -2.23. The molecule has 1 fully saturated rings. The van der Waals surface area contributed by atoms with Crippen LogP contribution in [0.25, 0.3) is 0 Å². The van der Waals surface area contributed by atoms with Crippen LogP contribution in [-0.2, 0) is 9.59 Å². The van der Waals surface area contributed by atoms with Gasteiger partial charge >= 0.3 is 0 Å². The van der Waals surface area contributed by atoms with E-state index < -0.39 is 0 Å². The summed E-state index contributed by atoms with van der Waals surface area (Å²) < 4.78 is 0. The van der Waals surface area contributed by atoms with E-state index in [4.69, 9.17) is 0 Å². The van der Waals surface area contributed by atoms with Crippen molar-refractivity contribution in [3.05, 3.63) is 11.1 Å². The van der Waals surface area contributed by atoms with Gasteiger partial charge < -0.3 is 10.6 Å². The number of nitrogens with one attached hydrogen (secondary N) is 2. The van der Waals surface area contributed by atoms with Crippen LogP contribution in [0.4, 0.5) is 0 Å². The zero-order valence-corrected chi connectivity index (χ0v) is 11.2. The fourth-order valence-corrected chi connectivity index (χ4v) is 2.36. The minimum atomic E-state index is -0.218. The second-order valence-corrected chi connectivity index (χ2v) is 4.96. The highest BCUT2D eigenvalue weighted by Gasteiger charge is 2.18. The average Bonchev–Trinajstić information content (AvgIpc) is 2.29. The number of carbonyl (C=O) groups excluding carboxylic acids is 2. The SMILES string of the molecule is CSC=C(NC(C)=O)C(=O)NC1CCCCC1. The molecule has 0 aromatic carbocycles. The molecule has 0 aromatic heterocycles. The fourth-order valence-electron chi connectivity index (χ4n) is 1.96. The van der Waals surface area contributed by atoms with E-state index in [9.17, 15) is 9.59 Å². The molecule has 1 saturated carbocycles. The first-order valence-electron chi connectivity index (χ1n) is 5.95. The third kappa shape index (κ3) is 5.26. The molecule has 4 nitrogen and oxygen atoms in total. The Morgan fingerprint density at radius 3 is 2.41 bits per heavy atom.